The van der Waals surface area contributed by atoms with E-state index in [4.69, 9.17) is 14.2 Å². The van der Waals surface area contributed by atoms with Crippen molar-refractivity contribution in [1.82, 2.24) is 0 Å². The third-order valence-electron chi connectivity index (χ3n) is 5.18. The number of allylic oxidation sites excluding steroid dienone is 1. The molecule has 0 bridgehead atoms. The van der Waals surface area contributed by atoms with Gasteiger partial charge in [-0.15, -0.1) is 0 Å². The summed E-state index contributed by atoms with van der Waals surface area (Å²) < 4.78 is 17.7. The second-order valence-electron chi connectivity index (χ2n) is 6.81. The van der Waals surface area contributed by atoms with E-state index in [2.05, 4.69) is 26.8 Å². The highest BCUT2D eigenvalue weighted by Gasteiger charge is 2.70. The van der Waals surface area contributed by atoms with E-state index in [1.165, 1.54) is 18.4 Å². The van der Waals surface area contributed by atoms with Crippen molar-refractivity contribution in [3.63, 3.8) is 0 Å². The molecule has 3 aliphatic rings. The largest absolute Gasteiger partial charge is 0.381 e. The van der Waals surface area contributed by atoms with Crippen molar-refractivity contribution in [1.29, 1.82) is 0 Å². The van der Waals surface area contributed by atoms with Gasteiger partial charge in [0, 0.05) is 13.0 Å². The minimum atomic E-state index is -0.0520. The van der Waals surface area contributed by atoms with Crippen LogP contribution < -0.4 is 0 Å². The SMILES string of the molecule is CO[C@@H]1CCC[C@]2(CO2)[C@H]1[C@@]1(C)O[C@@H]1CC=C(C)C. The van der Waals surface area contributed by atoms with Crippen molar-refractivity contribution in [3.05, 3.63) is 11.6 Å². The maximum Gasteiger partial charge on any atom is 0.100 e. The molecule has 2 aliphatic heterocycles. The first kappa shape index (κ1) is 13.6. The van der Waals surface area contributed by atoms with E-state index >= 15 is 0 Å². The summed E-state index contributed by atoms with van der Waals surface area (Å²) in [5.41, 5.74) is 1.37. The molecule has 5 atom stereocenters. The highest BCUT2D eigenvalue weighted by atomic mass is 16.6. The Morgan fingerprint density at radius 1 is 1.42 bits per heavy atom. The van der Waals surface area contributed by atoms with Crippen molar-refractivity contribution in [2.45, 2.75) is 69.9 Å². The van der Waals surface area contributed by atoms with E-state index in [0.29, 0.717) is 12.0 Å². The smallest absolute Gasteiger partial charge is 0.100 e. The van der Waals surface area contributed by atoms with Gasteiger partial charge in [0.25, 0.3) is 0 Å². The number of ether oxygens (including phenoxy) is 3. The molecule has 0 N–H and O–H groups in total. The van der Waals surface area contributed by atoms with Crippen LogP contribution in [0.5, 0.6) is 0 Å². The highest BCUT2D eigenvalue weighted by molar-refractivity contribution is 5.19. The van der Waals surface area contributed by atoms with Crippen molar-refractivity contribution >= 4 is 0 Å². The van der Waals surface area contributed by atoms with Crippen LogP contribution in [0.3, 0.4) is 0 Å². The topological polar surface area (TPSA) is 34.3 Å². The maximum absolute atomic E-state index is 6.10. The minimum absolute atomic E-state index is 0.0520. The number of epoxide rings is 2. The lowest BCUT2D eigenvalue weighted by Crippen LogP contribution is -2.48. The van der Waals surface area contributed by atoms with Crippen molar-refractivity contribution in [2.24, 2.45) is 5.92 Å². The van der Waals surface area contributed by atoms with Gasteiger partial charge >= 0.3 is 0 Å². The number of hydrogen-bond donors (Lipinski definition) is 0. The average molecular weight is 266 g/mol. The minimum Gasteiger partial charge on any atom is -0.381 e. The van der Waals surface area contributed by atoms with Crippen LogP contribution in [-0.4, -0.2) is 37.1 Å². The molecule has 3 rings (SSSR count). The zero-order valence-corrected chi connectivity index (χ0v) is 12.6. The first-order valence-corrected chi connectivity index (χ1v) is 7.50. The predicted molar refractivity (Wildman–Crippen MR) is 74.1 cm³/mol. The molecule has 1 aliphatic carbocycles. The molecule has 0 aromatic carbocycles. The lowest BCUT2D eigenvalue weighted by atomic mass is 9.69. The Hall–Kier alpha value is -0.380. The second-order valence-corrected chi connectivity index (χ2v) is 6.81. The van der Waals surface area contributed by atoms with Crippen LogP contribution in [-0.2, 0) is 14.2 Å². The van der Waals surface area contributed by atoms with Crippen LogP contribution >= 0.6 is 0 Å². The van der Waals surface area contributed by atoms with Gasteiger partial charge < -0.3 is 14.2 Å². The molecule has 0 amide bonds. The van der Waals surface area contributed by atoms with Gasteiger partial charge in [-0.1, -0.05) is 11.6 Å². The van der Waals surface area contributed by atoms with E-state index < -0.39 is 0 Å². The number of rotatable bonds is 4. The van der Waals surface area contributed by atoms with Gasteiger partial charge in [0.2, 0.25) is 0 Å². The van der Waals surface area contributed by atoms with E-state index in [0.717, 1.165) is 19.4 Å². The zero-order chi connectivity index (χ0) is 13.7. The third-order valence-corrected chi connectivity index (χ3v) is 5.18. The molecule has 3 heteroatoms. The molecular formula is C16H26O3. The molecule has 0 radical (unpaired) electrons. The lowest BCUT2D eigenvalue weighted by molar-refractivity contribution is -0.0492. The molecule has 3 nitrogen and oxygen atoms in total. The van der Waals surface area contributed by atoms with E-state index in [1.54, 1.807) is 0 Å². The fourth-order valence-corrected chi connectivity index (χ4v) is 4.00. The number of methoxy groups -OCH3 is 1. The van der Waals surface area contributed by atoms with Gasteiger partial charge in [0.1, 0.15) is 5.60 Å². The van der Waals surface area contributed by atoms with Crippen LogP contribution in [0.4, 0.5) is 0 Å². The standard InChI is InChI=1S/C16H26O3/c1-11(2)7-8-13-15(3,19-13)14-12(17-4)6-5-9-16(14)10-18-16/h7,12-14H,5-6,8-10H2,1-4H3/t12-,13-,14-,15+,16+/m1/s1. The summed E-state index contributed by atoms with van der Waals surface area (Å²) in [5, 5.41) is 0. The van der Waals surface area contributed by atoms with Gasteiger partial charge in [-0.3, -0.25) is 0 Å². The normalized spacial score (nSPS) is 48.1. The summed E-state index contributed by atoms with van der Waals surface area (Å²) in [5.74, 6) is 0.398. The average Bonchev–Trinajstić information content (AvgIpc) is 3.26. The van der Waals surface area contributed by atoms with Crippen LogP contribution in [0.25, 0.3) is 0 Å². The Morgan fingerprint density at radius 3 is 2.74 bits per heavy atom. The number of hydrogen-bond acceptors (Lipinski definition) is 3. The molecule has 0 aromatic rings. The Morgan fingerprint density at radius 2 is 2.16 bits per heavy atom. The summed E-state index contributed by atoms with van der Waals surface area (Å²) in [6.45, 7) is 7.43. The Kier molecular flexibility index (Phi) is 3.27. The second kappa shape index (κ2) is 4.57. The van der Waals surface area contributed by atoms with Crippen LogP contribution in [0.15, 0.2) is 11.6 Å². The van der Waals surface area contributed by atoms with Crippen molar-refractivity contribution < 1.29 is 14.2 Å². The molecule has 19 heavy (non-hydrogen) atoms. The van der Waals surface area contributed by atoms with E-state index in [9.17, 15) is 0 Å². The fourth-order valence-electron chi connectivity index (χ4n) is 4.00. The van der Waals surface area contributed by atoms with Crippen molar-refractivity contribution in [2.75, 3.05) is 13.7 Å². The fraction of sp³-hybridized carbons (Fsp3) is 0.875. The summed E-state index contributed by atoms with van der Waals surface area (Å²) >= 11 is 0. The molecule has 108 valence electrons. The third kappa shape index (κ3) is 2.26. The molecular weight excluding hydrogens is 240 g/mol. The Balaban J connectivity index is 1.74. The predicted octanol–water partition coefficient (Wildman–Crippen LogP) is 3.08. The quantitative estimate of drug-likeness (QED) is 0.579. The van der Waals surface area contributed by atoms with Gasteiger partial charge in [-0.05, 0) is 46.5 Å². The first-order chi connectivity index (χ1) is 9.02. The molecule has 3 fully saturated rings. The van der Waals surface area contributed by atoms with Crippen molar-refractivity contribution in [3.8, 4) is 0 Å². The first-order valence-electron chi connectivity index (χ1n) is 7.50. The highest BCUT2D eigenvalue weighted by Crippen LogP contribution is 2.59. The van der Waals surface area contributed by atoms with Gasteiger partial charge in [0.05, 0.1) is 24.4 Å². The van der Waals surface area contributed by atoms with Crippen LogP contribution in [0.1, 0.15) is 46.5 Å². The monoisotopic (exact) mass is 266 g/mol. The van der Waals surface area contributed by atoms with E-state index in [-0.39, 0.29) is 17.3 Å². The molecule has 2 saturated heterocycles. The van der Waals surface area contributed by atoms with Gasteiger partial charge in [-0.2, -0.15) is 0 Å². The molecule has 2 heterocycles. The Bertz CT molecular complexity index is 381. The molecule has 0 unspecified atom stereocenters. The molecule has 1 spiro atoms. The molecule has 0 aromatic heterocycles. The van der Waals surface area contributed by atoms with Gasteiger partial charge in [0.15, 0.2) is 0 Å². The summed E-state index contributed by atoms with van der Waals surface area (Å²) in [6, 6.07) is 0. The summed E-state index contributed by atoms with van der Waals surface area (Å²) in [6.07, 6.45) is 7.45. The summed E-state index contributed by atoms with van der Waals surface area (Å²) in [4.78, 5) is 0. The van der Waals surface area contributed by atoms with E-state index in [1.807, 2.05) is 7.11 Å². The maximum atomic E-state index is 6.10. The summed E-state index contributed by atoms with van der Waals surface area (Å²) in [7, 11) is 1.83. The molecule has 1 saturated carbocycles. The van der Waals surface area contributed by atoms with Crippen LogP contribution in [0, 0.1) is 5.92 Å². The lowest BCUT2D eigenvalue weighted by Gasteiger charge is -2.38. The Labute approximate surface area is 116 Å². The van der Waals surface area contributed by atoms with Gasteiger partial charge in [-0.25, -0.2) is 0 Å². The zero-order valence-electron chi connectivity index (χ0n) is 12.6. The van der Waals surface area contributed by atoms with Crippen LogP contribution in [0.2, 0.25) is 0 Å².